The molecule has 0 N–H and O–H groups in total. The summed E-state index contributed by atoms with van der Waals surface area (Å²) in [6, 6.07) is 0. The Bertz CT molecular complexity index is 511. The number of hydrogen-bond donors (Lipinski definition) is 0. The van der Waals surface area contributed by atoms with Gasteiger partial charge in [-0.1, -0.05) is 30.6 Å². The number of allylic oxidation sites excluding steroid dienone is 2. The molecule has 0 aromatic rings. The zero-order valence-corrected chi connectivity index (χ0v) is 24.1. The smallest absolute Gasteiger partial charge is 0.553 e. The van der Waals surface area contributed by atoms with E-state index in [9.17, 15) is 19.8 Å². The number of carboxylic acid groups (broad SMARTS) is 2. The zero-order valence-electron chi connectivity index (χ0n) is 16.1. The molecule has 0 bridgehead atoms. The normalized spacial score (nSPS) is 32.3. The topological polar surface area (TPSA) is 89.5 Å². The van der Waals surface area contributed by atoms with Gasteiger partial charge in [-0.2, -0.15) is 0 Å². The van der Waals surface area contributed by atoms with Crippen molar-refractivity contribution in [3.63, 3.8) is 0 Å². The van der Waals surface area contributed by atoms with Gasteiger partial charge in [-0.05, 0) is 12.0 Å². The van der Waals surface area contributed by atoms with Crippen molar-refractivity contribution < 1.29 is 143 Å². The van der Waals surface area contributed by atoms with E-state index in [4.69, 9.17) is 4.74 Å². The van der Waals surface area contributed by atoms with Crippen LogP contribution in [0.4, 0.5) is 0 Å². The third kappa shape index (κ3) is 8.86. The maximum atomic E-state index is 11.2. The summed E-state index contributed by atoms with van der Waals surface area (Å²) in [4.78, 5) is 22.2. The maximum absolute atomic E-state index is 11.2. The summed E-state index contributed by atoms with van der Waals surface area (Å²) < 4.78 is 5.52. The average molecular weight is 394 g/mol. The van der Waals surface area contributed by atoms with Crippen LogP contribution in [0.25, 0.3) is 0 Å². The zero-order chi connectivity index (χ0) is 16.3. The molecule has 1 aliphatic carbocycles. The molecule has 120 valence electrons. The van der Waals surface area contributed by atoms with Gasteiger partial charge in [0.2, 0.25) is 0 Å². The molecule has 2 fully saturated rings. The van der Waals surface area contributed by atoms with E-state index in [1.165, 1.54) is 12.5 Å². The molecule has 6 atom stereocenters. The predicted molar refractivity (Wildman–Crippen MR) is 75.4 cm³/mol. The van der Waals surface area contributed by atoms with Gasteiger partial charge in [0, 0.05) is 11.9 Å². The van der Waals surface area contributed by atoms with Crippen LogP contribution in [-0.2, 0) is 14.3 Å². The van der Waals surface area contributed by atoms with Crippen LogP contribution in [0.15, 0.2) is 37.5 Å². The number of aliphatic carboxylic acids is 2. The van der Waals surface area contributed by atoms with Gasteiger partial charge in [0.25, 0.3) is 0 Å². The van der Waals surface area contributed by atoms with E-state index in [2.05, 4.69) is 13.2 Å². The van der Waals surface area contributed by atoms with Crippen LogP contribution in [0.2, 0.25) is 0 Å². The van der Waals surface area contributed by atoms with Crippen molar-refractivity contribution in [3.05, 3.63) is 50.3 Å². The molecule has 0 amide bonds. The van der Waals surface area contributed by atoms with E-state index in [1.54, 1.807) is 24.6 Å². The van der Waals surface area contributed by atoms with Crippen molar-refractivity contribution in [2.24, 2.45) is 23.7 Å². The molecule has 26 heavy (non-hydrogen) atoms. The van der Waals surface area contributed by atoms with Gasteiger partial charge in [-0.3, -0.25) is 6.42 Å². The summed E-state index contributed by atoms with van der Waals surface area (Å²) >= 11 is 0. The van der Waals surface area contributed by atoms with Crippen molar-refractivity contribution >= 4 is 11.9 Å². The van der Waals surface area contributed by atoms with E-state index >= 15 is 0 Å². The molecule has 6 unspecified atom stereocenters. The maximum Gasteiger partial charge on any atom is 1.00 e. The average Bonchev–Trinajstić information content (AvgIpc) is 3.08. The van der Waals surface area contributed by atoms with E-state index in [0.717, 1.165) is 0 Å². The quantitative estimate of drug-likeness (QED) is 0.254. The SMILES string of the molecule is C=CC1[CH-]C(C(=O)[O-])C(/C=C\C2[CH-]C(C(=O)[O-])C(C=C)O2)C1.[Na+].[Na+].[Na+].[Na+]. The summed E-state index contributed by atoms with van der Waals surface area (Å²) in [5.74, 6) is -4.04. The summed E-state index contributed by atoms with van der Waals surface area (Å²) in [5, 5.41) is 22.2. The molecule has 0 spiro atoms. The van der Waals surface area contributed by atoms with Crippen LogP contribution < -0.4 is 128 Å². The summed E-state index contributed by atoms with van der Waals surface area (Å²) in [5.41, 5.74) is 0. The monoisotopic (exact) mass is 394 g/mol. The third-order valence-electron chi connectivity index (χ3n) is 4.15. The van der Waals surface area contributed by atoms with Crippen molar-refractivity contribution in [3.8, 4) is 0 Å². The Labute approximate surface area is 243 Å². The Morgan fingerprint density at radius 3 is 1.92 bits per heavy atom. The van der Waals surface area contributed by atoms with Crippen LogP contribution in [0.5, 0.6) is 0 Å². The fourth-order valence-electron chi connectivity index (χ4n) is 2.98. The Morgan fingerprint density at radius 1 is 0.923 bits per heavy atom. The van der Waals surface area contributed by atoms with E-state index in [-0.39, 0.29) is 130 Å². The molecule has 5 nitrogen and oxygen atoms in total. The summed E-state index contributed by atoms with van der Waals surface area (Å²) in [6.45, 7) is 7.22. The predicted octanol–water partition coefficient (Wildman–Crippen LogP) is -12.5. The molecule has 1 aliphatic heterocycles. The Balaban J connectivity index is -0.00000132. The molecular weight excluding hydrogens is 376 g/mol. The van der Waals surface area contributed by atoms with Gasteiger partial charge in [0.15, 0.2) is 0 Å². The second-order valence-corrected chi connectivity index (χ2v) is 5.56. The first-order valence-corrected chi connectivity index (χ1v) is 7.16. The number of ether oxygens (including phenoxy) is 1. The minimum Gasteiger partial charge on any atom is -0.553 e. The fourth-order valence-corrected chi connectivity index (χ4v) is 2.98. The molecule has 2 rings (SSSR count). The van der Waals surface area contributed by atoms with Crippen LogP contribution in [-0.4, -0.2) is 24.1 Å². The molecule has 1 heterocycles. The fraction of sp³-hybridized carbons (Fsp3) is 0.412. The number of carbonyl (C=O) groups excluding carboxylic acids is 2. The van der Waals surface area contributed by atoms with Crippen LogP contribution in [0.1, 0.15) is 6.42 Å². The molecule has 9 heteroatoms. The van der Waals surface area contributed by atoms with Crippen molar-refractivity contribution in [1.82, 2.24) is 0 Å². The van der Waals surface area contributed by atoms with Crippen molar-refractivity contribution in [1.29, 1.82) is 0 Å². The molecule has 1 saturated carbocycles. The van der Waals surface area contributed by atoms with Gasteiger partial charge in [-0.25, -0.2) is 0 Å². The molecule has 1 saturated heterocycles. The van der Waals surface area contributed by atoms with Crippen LogP contribution >= 0.6 is 0 Å². The first kappa shape index (κ1) is 32.8. The first-order valence-electron chi connectivity index (χ1n) is 7.16. The number of carbonyl (C=O) groups is 2. The third-order valence-corrected chi connectivity index (χ3v) is 4.15. The van der Waals surface area contributed by atoms with E-state index < -0.39 is 36.0 Å². The van der Waals surface area contributed by atoms with Gasteiger partial charge >= 0.3 is 118 Å². The Kier molecular flexibility index (Phi) is 20.0. The Hall–Kier alpha value is 2.12. The summed E-state index contributed by atoms with van der Waals surface area (Å²) in [7, 11) is 0. The number of rotatable bonds is 6. The molecule has 0 aromatic carbocycles. The largest absolute Gasteiger partial charge is 1.00 e. The standard InChI is InChI=1S/C17H20O5.4Na/c1-3-10-7-11(13(8-10)16(18)19)5-6-12-9-14(17(20)21)15(4-2)22-12;;;;/h3-6,8-15H,1-2,7H2,(H,18,19)(H,20,21);;;;/q-2;4*+1/p-2/b6-5-;;;;. The van der Waals surface area contributed by atoms with Gasteiger partial charge in [0.05, 0.1) is 6.10 Å². The van der Waals surface area contributed by atoms with E-state index in [0.29, 0.717) is 6.42 Å². The van der Waals surface area contributed by atoms with Crippen LogP contribution in [0, 0.1) is 36.5 Å². The molecular formula is C17H18Na4O5. The number of carboxylic acids is 2. The second-order valence-electron chi connectivity index (χ2n) is 5.56. The van der Waals surface area contributed by atoms with E-state index in [1.807, 2.05) is 0 Å². The number of hydrogen-bond acceptors (Lipinski definition) is 5. The van der Waals surface area contributed by atoms with Gasteiger partial charge in [-0.15, -0.1) is 31.1 Å². The Morgan fingerprint density at radius 2 is 1.50 bits per heavy atom. The van der Waals surface area contributed by atoms with Gasteiger partial charge < -0.3 is 31.0 Å². The van der Waals surface area contributed by atoms with Crippen molar-refractivity contribution in [2.75, 3.05) is 0 Å². The van der Waals surface area contributed by atoms with Crippen molar-refractivity contribution in [2.45, 2.75) is 18.6 Å². The molecule has 0 aromatic heterocycles. The first-order chi connectivity index (χ1) is 10.5. The minimum absolute atomic E-state index is 0. The molecule has 2 aliphatic rings. The van der Waals surface area contributed by atoms with Crippen LogP contribution in [0.3, 0.4) is 0 Å². The molecule has 0 radical (unpaired) electrons. The minimum atomic E-state index is -1.21. The second kappa shape index (κ2) is 15.9. The summed E-state index contributed by atoms with van der Waals surface area (Å²) in [6.07, 6.45) is 9.30. The van der Waals surface area contributed by atoms with Gasteiger partial charge in [0.1, 0.15) is 0 Å².